The Labute approximate surface area is 102 Å². The molecular weight excluding hydrogens is 212 g/mol. The van der Waals surface area contributed by atoms with Crippen LogP contribution in [0.25, 0.3) is 0 Å². The first-order chi connectivity index (χ1) is 8.29. The highest BCUT2D eigenvalue weighted by Crippen LogP contribution is 2.08. The van der Waals surface area contributed by atoms with Gasteiger partial charge in [0.15, 0.2) is 0 Å². The molecule has 0 fully saturated rings. The van der Waals surface area contributed by atoms with Gasteiger partial charge in [-0.2, -0.15) is 0 Å². The van der Waals surface area contributed by atoms with Crippen molar-refractivity contribution in [2.24, 2.45) is 0 Å². The third-order valence-corrected chi connectivity index (χ3v) is 2.75. The lowest BCUT2D eigenvalue weighted by atomic mass is 10.1. The van der Waals surface area contributed by atoms with Gasteiger partial charge in [0, 0.05) is 12.7 Å². The van der Waals surface area contributed by atoms with Crippen LogP contribution in [0, 0.1) is 6.92 Å². The third-order valence-electron chi connectivity index (χ3n) is 2.75. The predicted octanol–water partition coefficient (Wildman–Crippen LogP) is 2.84. The number of nitrogens with zero attached hydrogens (tertiary/aromatic N) is 1. The van der Waals surface area contributed by atoms with Gasteiger partial charge in [-0.05, 0) is 37.1 Å². The molecule has 0 aliphatic heterocycles. The van der Waals surface area contributed by atoms with Crippen molar-refractivity contribution in [2.45, 2.75) is 33.4 Å². The fourth-order valence-corrected chi connectivity index (χ4v) is 1.84. The van der Waals surface area contributed by atoms with E-state index in [-0.39, 0.29) is 0 Å². The van der Waals surface area contributed by atoms with Crippen molar-refractivity contribution in [3.05, 3.63) is 53.2 Å². The number of rotatable bonds is 5. The van der Waals surface area contributed by atoms with E-state index in [1.807, 2.05) is 31.3 Å². The van der Waals surface area contributed by atoms with Crippen LogP contribution in [-0.2, 0) is 19.5 Å². The Hall–Kier alpha value is -1.61. The van der Waals surface area contributed by atoms with Gasteiger partial charge in [-0.3, -0.25) is 4.98 Å². The molecule has 0 saturated carbocycles. The fraction of sp³-hybridized carbons (Fsp3) is 0.357. The van der Waals surface area contributed by atoms with E-state index in [0.717, 1.165) is 36.7 Å². The monoisotopic (exact) mass is 230 g/mol. The average molecular weight is 230 g/mol. The number of aryl methyl sites for hydroxylation is 2. The summed E-state index contributed by atoms with van der Waals surface area (Å²) in [5, 5.41) is 3.35. The molecule has 0 bridgehead atoms. The highest BCUT2D eigenvalue weighted by molar-refractivity contribution is 5.19. The third kappa shape index (κ3) is 3.17. The summed E-state index contributed by atoms with van der Waals surface area (Å²) in [4.78, 5) is 4.39. The van der Waals surface area contributed by atoms with Crippen molar-refractivity contribution in [3.8, 4) is 0 Å². The van der Waals surface area contributed by atoms with Crippen LogP contribution in [0.15, 0.2) is 34.9 Å². The van der Waals surface area contributed by atoms with E-state index in [9.17, 15) is 0 Å². The van der Waals surface area contributed by atoms with Crippen molar-refractivity contribution in [3.63, 3.8) is 0 Å². The van der Waals surface area contributed by atoms with Crippen LogP contribution < -0.4 is 5.32 Å². The van der Waals surface area contributed by atoms with Crippen LogP contribution in [0.1, 0.15) is 29.7 Å². The number of pyridine rings is 1. The Bertz CT molecular complexity index is 477. The van der Waals surface area contributed by atoms with Gasteiger partial charge in [0.05, 0.1) is 12.2 Å². The smallest absolute Gasteiger partial charge is 0.117 e. The molecule has 0 amide bonds. The number of nitrogens with one attached hydrogen (secondary N) is 1. The summed E-state index contributed by atoms with van der Waals surface area (Å²) in [5.74, 6) is 1.92. The molecular formula is C14H18N2O. The molecule has 0 aliphatic rings. The van der Waals surface area contributed by atoms with Crippen LogP contribution in [0.2, 0.25) is 0 Å². The molecule has 2 aromatic heterocycles. The Morgan fingerprint density at radius 1 is 1.24 bits per heavy atom. The topological polar surface area (TPSA) is 38.1 Å². The van der Waals surface area contributed by atoms with E-state index in [2.05, 4.69) is 23.3 Å². The van der Waals surface area contributed by atoms with Gasteiger partial charge in [-0.1, -0.05) is 13.0 Å². The van der Waals surface area contributed by atoms with Crippen molar-refractivity contribution >= 4 is 0 Å². The van der Waals surface area contributed by atoms with Gasteiger partial charge in [-0.25, -0.2) is 0 Å². The first kappa shape index (κ1) is 11.9. The lowest BCUT2D eigenvalue weighted by Gasteiger charge is -2.06. The molecule has 3 heteroatoms. The van der Waals surface area contributed by atoms with E-state index in [0.29, 0.717) is 0 Å². The van der Waals surface area contributed by atoms with Gasteiger partial charge in [0.2, 0.25) is 0 Å². The Morgan fingerprint density at radius 2 is 2.12 bits per heavy atom. The molecule has 0 radical (unpaired) electrons. The molecule has 90 valence electrons. The average Bonchev–Trinajstić information content (AvgIpc) is 2.76. The second-order valence-corrected chi connectivity index (χ2v) is 4.08. The van der Waals surface area contributed by atoms with Gasteiger partial charge >= 0.3 is 0 Å². The van der Waals surface area contributed by atoms with E-state index in [1.54, 1.807) is 0 Å². The molecule has 0 spiro atoms. The molecule has 17 heavy (non-hydrogen) atoms. The zero-order chi connectivity index (χ0) is 12.1. The van der Waals surface area contributed by atoms with Crippen LogP contribution in [-0.4, -0.2) is 4.98 Å². The zero-order valence-corrected chi connectivity index (χ0v) is 10.4. The molecule has 0 aliphatic carbocycles. The van der Waals surface area contributed by atoms with Crippen LogP contribution in [0.4, 0.5) is 0 Å². The summed E-state index contributed by atoms with van der Waals surface area (Å²) in [6, 6.07) is 8.09. The first-order valence-corrected chi connectivity index (χ1v) is 5.98. The molecule has 0 unspecified atom stereocenters. The molecule has 0 aromatic carbocycles. The Balaban J connectivity index is 1.89. The maximum absolute atomic E-state index is 5.50. The molecule has 2 heterocycles. The normalized spacial score (nSPS) is 10.7. The van der Waals surface area contributed by atoms with Crippen molar-refractivity contribution in [1.82, 2.24) is 10.3 Å². The summed E-state index contributed by atoms with van der Waals surface area (Å²) in [5.41, 5.74) is 2.42. The number of furan rings is 1. The summed E-state index contributed by atoms with van der Waals surface area (Å²) in [7, 11) is 0. The van der Waals surface area contributed by atoms with E-state index in [1.165, 1.54) is 5.56 Å². The fourth-order valence-electron chi connectivity index (χ4n) is 1.84. The summed E-state index contributed by atoms with van der Waals surface area (Å²) < 4.78 is 5.50. The van der Waals surface area contributed by atoms with Gasteiger partial charge < -0.3 is 9.73 Å². The number of hydrogen-bond donors (Lipinski definition) is 1. The van der Waals surface area contributed by atoms with E-state index >= 15 is 0 Å². The van der Waals surface area contributed by atoms with Crippen molar-refractivity contribution in [2.75, 3.05) is 0 Å². The number of aromatic nitrogens is 1. The van der Waals surface area contributed by atoms with Crippen LogP contribution >= 0.6 is 0 Å². The zero-order valence-electron chi connectivity index (χ0n) is 10.4. The van der Waals surface area contributed by atoms with Gasteiger partial charge in [-0.15, -0.1) is 0 Å². The van der Waals surface area contributed by atoms with Gasteiger partial charge in [0.1, 0.15) is 11.5 Å². The molecule has 1 N–H and O–H groups in total. The largest absolute Gasteiger partial charge is 0.465 e. The molecule has 3 nitrogen and oxygen atoms in total. The Kier molecular flexibility index (Phi) is 3.94. The lowest BCUT2D eigenvalue weighted by molar-refractivity contribution is 0.460. The first-order valence-electron chi connectivity index (χ1n) is 5.98. The Morgan fingerprint density at radius 3 is 2.82 bits per heavy atom. The second-order valence-electron chi connectivity index (χ2n) is 4.08. The minimum absolute atomic E-state index is 0.744. The molecule has 0 atom stereocenters. The van der Waals surface area contributed by atoms with Gasteiger partial charge in [0.25, 0.3) is 0 Å². The van der Waals surface area contributed by atoms with Crippen molar-refractivity contribution < 1.29 is 4.42 Å². The summed E-state index contributed by atoms with van der Waals surface area (Å²) >= 11 is 0. The standard InChI is InChI=1S/C14H18N2O/c1-3-12-5-4-8-16-14(12)10-15-9-13-7-6-11(2)17-13/h4-8,15H,3,9-10H2,1-2H3. The van der Waals surface area contributed by atoms with E-state index < -0.39 is 0 Å². The number of hydrogen-bond acceptors (Lipinski definition) is 3. The van der Waals surface area contributed by atoms with E-state index in [4.69, 9.17) is 4.42 Å². The molecule has 2 rings (SSSR count). The molecule has 2 aromatic rings. The predicted molar refractivity (Wildman–Crippen MR) is 67.6 cm³/mol. The minimum Gasteiger partial charge on any atom is -0.465 e. The highest BCUT2D eigenvalue weighted by atomic mass is 16.3. The van der Waals surface area contributed by atoms with Crippen LogP contribution in [0.3, 0.4) is 0 Å². The second kappa shape index (κ2) is 5.64. The highest BCUT2D eigenvalue weighted by Gasteiger charge is 2.02. The lowest BCUT2D eigenvalue weighted by Crippen LogP contribution is -2.14. The van der Waals surface area contributed by atoms with Crippen molar-refractivity contribution in [1.29, 1.82) is 0 Å². The summed E-state index contributed by atoms with van der Waals surface area (Å²) in [6.45, 7) is 5.63. The maximum atomic E-state index is 5.50. The SMILES string of the molecule is CCc1cccnc1CNCc1ccc(C)o1. The molecule has 0 saturated heterocycles. The summed E-state index contributed by atoms with van der Waals surface area (Å²) in [6.07, 6.45) is 2.86. The minimum atomic E-state index is 0.744. The quantitative estimate of drug-likeness (QED) is 0.858. The van der Waals surface area contributed by atoms with Crippen LogP contribution in [0.5, 0.6) is 0 Å². The maximum Gasteiger partial charge on any atom is 0.117 e.